The molecule has 1 unspecified atom stereocenters. The van der Waals surface area contributed by atoms with Crippen LogP contribution in [0.3, 0.4) is 0 Å². The molecule has 0 aliphatic heterocycles. The fraction of sp³-hybridized carbons (Fsp3) is 0.571. The quantitative estimate of drug-likeness (QED) is 0.535. The van der Waals surface area contributed by atoms with Gasteiger partial charge in [-0.1, -0.05) is 0 Å². The van der Waals surface area contributed by atoms with Gasteiger partial charge in [-0.25, -0.2) is 9.78 Å². The van der Waals surface area contributed by atoms with Gasteiger partial charge >= 0.3 is 5.97 Å². The molecule has 0 spiro atoms. The molecule has 14 heavy (non-hydrogen) atoms. The summed E-state index contributed by atoms with van der Waals surface area (Å²) in [5.41, 5.74) is 5.45. The van der Waals surface area contributed by atoms with Crippen LogP contribution in [0.25, 0.3) is 0 Å². The molecule has 0 saturated carbocycles. The summed E-state index contributed by atoms with van der Waals surface area (Å²) in [6.45, 7) is 1.68. The third-order valence-corrected chi connectivity index (χ3v) is 1.51. The van der Waals surface area contributed by atoms with Crippen molar-refractivity contribution >= 4 is 5.97 Å². The zero-order chi connectivity index (χ0) is 10.6. The monoisotopic (exact) mass is 200 g/mol. The second-order valence-electron chi connectivity index (χ2n) is 2.55. The zero-order valence-corrected chi connectivity index (χ0v) is 7.73. The smallest absolute Gasteiger partial charge is 0.378 e. The lowest BCUT2D eigenvalue weighted by Crippen LogP contribution is -2.16. The van der Waals surface area contributed by atoms with E-state index in [9.17, 15) is 4.79 Å². The first-order valence-electron chi connectivity index (χ1n) is 4.14. The second-order valence-corrected chi connectivity index (χ2v) is 2.55. The van der Waals surface area contributed by atoms with Gasteiger partial charge in [0.15, 0.2) is 0 Å². The van der Waals surface area contributed by atoms with Crippen molar-refractivity contribution in [2.24, 2.45) is 5.73 Å². The van der Waals surface area contributed by atoms with E-state index in [1.807, 2.05) is 0 Å². The largest absolute Gasteiger partial charge is 0.460 e. The Morgan fingerprint density at radius 1 is 1.79 bits per heavy atom. The third-order valence-electron chi connectivity index (χ3n) is 1.51. The SMILES string of the molecule is CCOC(=O)c1n[nH]c(C(N)CO)n1. The van der Waals surface area contributed by atoms with E-state index in [1.165, 1.54) is 0 Å². The molecule has 1 aromatic heterocycles. The number of ether oxygens (including phenoxy) is 1. The van der Waals surface area contributed by atoms with Crippen LogP contribution in [0, 0.1) is 0 Å². The van der Waals surface area contributed by atoms with Gasteiger partial charge in [-0.2, -0.15) is 0 Å². The van der Waals surface area contributed by atoms with Gasteiger partial charge in [0.2, 0.25) is 0 Å². The lowest BCUT2D eigenvalue weighted by molar-refractivity contribution is 0.0512. The number of nitrogens with zero attached hydrogens (tertiary/aromatic N) is 2. The Morgan fingerprint density at radius 2 is 2.50 bits per heavy atom. The van der Waals surface area contributed by atoms with E-state index in [0.717, 1.165) is 0 Å². The maximum atomic E-state index is 11.1. The first kappa shape index (κ1) is 10.6. The molecule has 7 heteroatoms. The van der Waals surface area contributed by atoms with Gasteiger partial charge in [0.1, 0.15) is 5.82 Å². The molecular weight excluding hydrogens is 188 g/mol. The van der Waals surface area contributed by atoms with Crippen molar-refractivity contribution in [2.75, 3.05) is 13.2 Å². The number of carbonyl (C=O) groups is 1. The fourth-order valence-corrected chi connectivity index (χ4v) is 0.814. The predicted molar refractivity (Wildman–Crippen MR) is 46.4 cm³/mol. The van der Waals surface area contributed by atoms with Crippen molar-refractivity contribution in [3.63, 3.8) is 0 Å². The molecule has 1 heterocycles. The van der Waals surface area contributed by atoms with Crippen molar-refractivity contribution in [2.45, 2.75) is 13.0 Å². The Balaban J connectivity index is 2.72. The maximum Gasteiger partial charge on any atom is 0.378 e. The Morgan fingerprint density at radius 3 is 3.07 bits per heavy atom. The number of esters is 1. The van der Waals surface area contributed by atoms with Gasteiger partial charge in [-0.15, -0.1) is 5.10 Å². The van der Waals surface area contributed by atoms with Gasteiger partial charge in [0.25, 0.3) is 5.82 Å². The molecule has 0 radical (unpaired) electrons. The van der Waals surface area contributed by atoms with Crippen molar-refractivity contribution < 1.29 is 14.6 Å². The summed E-state index contributed by atoms with van der Waals surface area (Å²) < 4.78 is 4.67. The fourth-order valence-electron chi connectivity index (χ4n) is 0.814. The molecular formula is C7H12N4O3. The number of nitrogens with one attached hydrogen (secondary N) is 1. The first-order chi connectivity index (χ1) is 6.69. The maximum absolute atomic E-state index is 11.1. The number of hydrogen-bond donors (Lipinski definition) is 3. The summed E-state index contributed by atoms with van der Waals surface area (Å²) in [6.07, 6.45) is 0. The van der Waals surface area contributed by atoms with Crippen molar-refractivity contribution in [1.29, 1.82) is 0 Å². The summed E-state index contributed by atoms with van der Waals surface area (Å²) in [7, 11) is 0. The molecule has 4 N–H and O–H groups in total. The van der Waals surface area contributed by atoms with E-state index < -0.39 is 12.0 Å². The minimum absolute atomic E-state index is 0.0780. The van der Waals surface area contributed by atoms with E-state index in [2.05, 4.69) is 19.9 Å². The Hall–Kier alpha value is -1.47. The highest BCUT2D eigenvalue weighted by Gasteiger charge is 2.16. The number of aliphatic hydroxyl groups excluding tert-OH is 1. The van der Waals surface area contributed by atoms with Gasteiger partial charge in [-0.3, -0.25) is 5.10 Å². The van der Waals surface area contributed by atoms with Crippen LogP contribution in [-0.4, -0.2) is 39.5 Å². The predicted octanol–water partition coefficient (Wildman–Crippen LogP) is -1.03. The summed E-state index contributed by atoms with van der Waals surface area (Å²) in [5, 5.41) is 14.8. The number of hydrogen-bond acceptors (Lipinski definition) is 6. The van der Waals surface area contributed by atoms with Crippen LogP contribution in [-0.2, 0) is 4.74 Å². The minimum atomic E-state index is -0.661. The van der Waals surface area contributed by atoms with Gasteiger partial charge < -0.3 is 15.6 Å². The summed E-state index contributed by atoms with van der Waals surface area (Å²) in [6, 6.07) is -0.661. The van der Waals surface area contributed by atoms with E-state index in [0.29, 0.717) is 0 Å². The number of H-pyrrole nitrogens is 1. The summed E-state index contributed by atoms with van der Waals surface area (Å²) in [5.74, 6) is -0.429. The van der Waals surface area contributed by atoms with Crippen molar-refractivity contribution in [3.8, 4) is 0 Å². The first-order valence-corrected chi connectivity index (χ1v) is 4.14. The van der Waals surface area contributed by atoms with Crippen molar-refractivity contribution in [3.05, 3.63) is 11.6 Å². The highest BCUT2D eigenvalue weighted by atomic mass is 16.5. The number of carbonyl (C=O) groups excluding carboxylic acids is 1. The van der Waals surface area contributed by atoms with E-state index in [4.69, 9.17) is 10.8 Å². The molecule has 0 aliphatic rings. The van der Waals surface area contributed by atoms with E-state index >= 15 is 0 Å². The minimum Gasteiger partial charge on any atom is -0.460 e. The topological polar surface area (TPSA) is 114 Å². The Bertz CT molecular complexity index is 312. The molecule has 0 fully saturated rings. The molecule has 1 atom stereocenters. The molecule has 0 saturated heterocycles. The Kier molecular flexibility index (Phi) is 3.55. The number of rotatable bonds is 4. The standard InChI is InChI=1S/C7H12N4O3/c1-2-14-7(13)6-9-5(10-11-6)4(8)3-12/h4,12H,2-3,8H2,1H3,(H,9,10,11). The number of aliphatic hydroxyl groups is 1. The third kappa shape index (κ3) is 2.27. The highest BCUT2D eigenvalue weighted by Crippen LogP contribution is 2.03. The summed E-state index contributed by atoms with van der Waals surface area (Å²) in [4.78, 5) is 14.9. The summed E-state index contributed by atoms with van der Waals surface area (Å²) >= 11 is 0. The average molecular weight is 200 g/mol. The van der Waals surface area contributed by atoms with Crippen LogP contribution in [0.1, 0.15) is 29.4 Å². The number of nitrogens with two attached hydrogens (primary N) is 1. The molecule has 0 aliphatic carbocycles. The zero-order valence-electron chi connectivity index (χ0n) is 7.73. The molecule has 0 amide bonds. The second kappa shape index (κ2) is 4.68. The molecule has 1 aromatic rings. The van der Waals surface area contributed by atoms with E-state index in [1.54, 1.807) is 6.92 Å². The highest BCUT2D eigenvalue weighted by molar-refractivity contribution is 5.84. The van der Waals surface area contributed by atoms with Crippen LogP contribution in [0.2, 0.25) is 0 Å². The van der Waals surface area contributed by atoms with Crippen LogP contribution < -0.4 is 5.73 Å². The number of aromatic amines is 1. The normalized spacial score (nSPS) is 12.5. The molecule has 7 nitrogen and oxygen atoms in total. The molecule has 78 valence electrons. The molecule has 1 rings (SSSR count). The van der Waals surface area contributed by atoms with Crippen LogP contribution >= 0.6 is 0 Å². The van der Waals surface area contributed by atoms with Crippen LogP contribution in [0.5, 0.6) is 0 Å². The van der Waals surface area contributed by atoms with E-state index in [-0.39, 0.29) is 24.9 Å². The van der Waals surface area contributed by atoms with Gasteiger partial charge in [0, 0.05) is 0 Å². The number of aromatic nitrogens is 3. The lowest BCUT2D eigenvalue weighted by Gasteiger charge is -2.00. The van der Waals surface area contributed by atoms with Gasteiger partial charge in [-0.05, 0) is 6.92 Å². The molecule has 0 aromatic carbocycles. The van der Waals surface area contributed by atoms with Crippen LogP contribution in [0.15, 0.2) is 0 Å². The van der Waals surface area contributed by atoms with Crippen molar-refractivity contribution in [1.82, 2.24) is 15.2 Å². The Labute approximate surface area is 80.3 Å². The van der Waals surface area contributed by atoms with Crippen LogP contribution in [0.4, 0.5) is 0 Å². The van der Waals surface area contributed by atoms with Gasteiger partial charge in [0.05, 0.1) is 19.3 Å². The average Bonchev–Trinajstić information content (AvgIpc) is 2.66. The lowest BCUT2D eigenvalue weighted by atomic mass is 10.3. The molecule has 0 bridgehead atoms.